The summed E-state index contributed by atoms with van der Waals surface area (Å²) in [6, 6.07) is 17.3. The number of imide groups is 1. The maximum absolute atomic E-state index is 12.9. The maximum atomic E-state index is 12.9. The number of carbonyl (C=O) groups is 3. The predicted octanol–water partition coefficient (Wildman–Crippen LogP) is 6.33. The maximum Gasteiger partial charge on any atom is 0.283 e. The molecule has 33 heavy (non-hydrogen) atoms. The summed E-state index contributed by atoms with van der Waals surface area (Å²) in [5.41, 5.74) is 1.30. The van der Waals surface area contributed by atoms with Crippen LogP contribution in [0.5, 0.6) is 0 Å². The monoisotopic (exact) mass is 519 g/mol. The molecule has 0 aromatic heterocycles. The number of benzene rings is 3. The van der Waals surface area contributed by atoms with Crippen LogP contribution in [0.2, 0.25) is 15.1 Å². The van der Waals surface area contributed by atoms with Gasteiger partial charge in [-0.05, 0) is 60.7 Å². The molecule has 3 amide bonds. The smallest absolute Gasteiger partial charge is 0.283 e. The van der Waals surface area contributed by atoms with Crippen molar-refractivity contribution in [3.63, 3.8) is 0 Å². The molecule has 1 heterocycles. The van der Waals surface area contributed by atoms with Crippen molar-refractivity contribution in [2.24, 2.45) is 0 Å². The average molecular weight is 521 g/mol. The highest BCUT2D eigenvalue weighted by atomic mass is 35.5. The Bertz CT molecular complexity index is 1320. The first kappa shape index (κ1) is 23.1. The van der Waals surface area contributed by atoms with Crippen LogP contribution in [0.4, 0.5) is 17.1 Å². The van der Waals surface area contributed by atoms with E-state index in [9.17, 15) is 14.4 Å². The molecule has 3 aromatic rings. The van der Waals surface area contributed by atoms with Gasteiger partial charge in [-0.1, -0.05) is 52.5 Å². The van der Waals surface area contributed by atoms with Crippen molar-refractivity contribution in [3.8, 4) is 0 Å². The van der Waals surface area contributed by atoms with Crippen LogP contribution >= 0.6 is 46.4 Å². The second kappa shape index (κ2) is 9.45. The molecule has 0 saturated heterocycles. The van der Waals surface area contributed by atoms with Crippen LogP contribution in [-0.2, 0) is 9.59 Å². The largest absolute Gasteiger partial charge is 0.350 e. The van der Waals surface area contributed by atoms with Crippen LogP contribution in [0, 0.1) is 0 Å². The zero-order valence-corrected chi connectivity index (χ0v) is 19.6. The van der Waals surface area contributed by atoms with E-state index in [1.54, 1.807) is 42.5 Å². The van der Waals surface area contributed by atoms with E-state index in [1.807, 2.05) is 0 Å². The summed E-state index contributed by atoms with van der Waals surface area (Å²) < 4.78 is 0. The number of amides is 3. The highest BCUT2D eigenvalue weighted by Gasteiger charge is 2.39. The number of carbonyl (C=O) groups excluding carboxylic acids is 3. The molecule has 0 saturated carbocycles. The quantitative estimate of drug-likeness (QED) is 0.385. The minimum absolute atomic E-state index is 0.102. The Morgan fingerprint density at radius 1 is 0.788 bits per heavy atom. The molecule has 10 heteroatoms. The van der Waals surface area contributed by atoms with Gasteiger partial charge >= 0.3 is 0 Å². The van der Waals surface area contributed by atoms with Crippen molar-refractivity contribution in [3.05, 3.63) is 98.1 Å². The van der Waals surface area contributed by atoms with Gasteiger partial charge < -0.3 is 10.6 Å². The van der Waals surface area contributed by atoms with Crippen LogP contribution < -0.4 is 15.5 Å². The van der Waals surface area contributed by atoms with Gasteiger partial charge in [-0.2, -0.15) is 0 Å². The van der Waals surface area contributed by atoms with Crippen LogP contribution in [0.25, 0.3) is 0 Å². The first-order valence-electron chi connectivity index (χ1n) is 9.42. The van der Waals surface area contributed by atoms with E-state index in [0.29, 0.717) is 32.1 Å². The molecule has 4 rings (SSSR count). The number of rotatable bonds is 5. The molecule has 0 unspecified atom stereocenters. The summed E-state index contributed by atoms with van der Waals surface area (Å²) in [6.45, 7) is 0. The standard InChI is InChI=1S/C23H13Cl4N3O3/c24-13-4-7-16(8-5-13)30-22(32)19(27)20(23(30)33)28-15-3-1-2-12(10-15)21(31)29-18-9-6-14(25)11-17(18)26/h1-11,28H,(H,29,31). The van der Waals surface area contributed by atoms with Crippen molar-refractivity contribution in [1.82, 2.24) is 0 Å². The lowest BCUT2D eigenvalue weighted by atomic mass is 10.1. The first-order chi connectivity index (χ1) is 15.7. The number of nitrogens with zero attached hydrogens (tertiary/aromatic N) is 1. The number of halogens is 4. The van der Waals surface area contributed by atoms with Crippen molar-refractivity contribution in [2.75, 3.05) is 15.5 Å². The lowest BCUT2D eigenvalue weighted by molar-refractivity contribution is -0.120. The lowest BCUT2D eigenvalue weighted by Gasteiger charge is -2.15. The Balaban J connectivity index is 1.54. The molecule has 1 aliphatic heterocycles. The third-order valence-electron chi connectivity index (χ3n) is 4.69. The van der Waals surface area contributed by atoms with Crippen LogP contribution in [0.1, 0.15) is 10.4 Å². The molecule has 0 radical (unpaired) electrons. The number of hydrogen-bond acceptors (Lipinski definition) is 4. The van der Waals surface area contributed by atoms with Gasteiger partial charge in [-0.15, -0.1) is 0 Å². The van der Waals surface area contributed by atoms with Crippen LogP contribution in [0.3, 0.4) is 0 Å². The minimum Gasteiger partial charge on any atom is -0.350 e. The zero-order valence-electron chi connectivity index (χ0n) is 16.5. The van der Waals surface area contributed by atoms with Gasteiger partial charge in [0, 0.05) is 21.3 Å². The fraction of sp³-hybridized carbons (Fsp3) is 0. The molecule has 166 valence electrons. The Labute approximate surface area is 208 Å². The van der Waals surface area contributed by atoms with Gasteiger partial charge in [0.1, 0.15) is 10.7 Å². The Kier molecular flexibility index (Phi) is 6.63. The molecule has 3 aromatic carbocycles. The van der Waals surface area contributed by atoms with Gasteiger partial charge in [0.15, 0.2) is 0 Å². The van der Waals surface area contributed by atoms with Crippen molar-refractivity contribution < 1.29 is 14.4 Å². The molecule has 0 bridgehead atoms. The highest BCUT2D eigenvalue weighted by molar-refractivity contribution is 6.53. The van der Waals surface area contributed by atoms with E-state index in [-0.39, 0.29) is 16.3 Å². The Morgan fingerprint density at radius 2 is 1.48 bits per heavy atom. The topological polar surface area (TPSA) is 78.5 Å². The summed E-state index contributed by atoms with van der Waals surface area (Å²) in [6.07, 6.45) is 0. The van der Waals surface area contributed by atoms with E-state index < -0.39 is 17.7 Å². The molecule has 2 N–H and O–H groups in total. The number of nitrogens with one attached hydrogen (secondary N) is 2. The number of anilines is 3. The average Bonchev–Trinajstić information content (AvgIpc) is 3.00. The van der Waals surface area contributed by atoms with E-state index in [0.717, 1.165) is 4.90 Å². The Hall–Kier alpha value is -3.03. The summed E-state index contributed by atoms with van der Waals surface area (Å²) in [5, 5.41) is 6.47. The van der Waals surface area contributed by atoms with E-state index in [2.05, 4.69) is 10.6 Å². The third kappa shape index (κ3) is 4.84. The van der Waals surface area contributed by atoms with E-state index >= 15 is 0 Å². The molecule has 0 atom stereocenters. The molecule has 6 nitrogen and oxygen atoms in total. The summed E-state index contributed by atoms with van der Waals surface area (Å²) in [7, 11) is 0. The van der Waals surface area contributed by atoms with Gasteiger partial charge in [0.2, 0.25) is 0 Å². The van der Waals surface area contributed by atoms with Gasteiger partial charge in [0.25, 0.3) is 17.7 Å². The zero-order chi connectivity index (χ0) is 23.7. The highest BCUT2D eigenvalue weighted by Crippen LogP contribution is 2.31. The van der Waals surface area contributed by atoms with E-state index in [1.165, 1.54) is 24.3 Å². The normalized spacial score (nSPS) is 13.5. The second-order valence-electron chi connectivity index (χ2n) is 6.90. The van der Waals surface area contributed by atoms with Crippen molar-refractivity contribution >= 4 is 81.2 Å². The van der Waals surface area contributed by atoms with Gasteiger partial charge in [-0.25, -0.2) is 4.90 Å². The summed E-state index contributed by atoms with van der Waals surface area (Å²) in [4.78, 5) is 39.1. The second-order valence-corrected chi connectivity index (χ2v) is 8.55. The van der Waals surface area contributed by atoms with Gasteiger partial charge in [0.05, 0.1) is 16.4 Å². The predicted molar refractivity (Wildman–Crippen MR) is 131 cm³/mol. The molecule has 0 spiro atoms. The number of hydrogen-bond donors (Lipinski definition) is 2. The van der Waals surface area contributed by atoms with Crippen molar-refractivity contribution in [2.45, 2.75) is 0 Å². The fourth-order valence-corrected chi connectivity index (χ4v) is 3.90. The third-order valence-corrected chi connectivity index (χ3v) is 5.84. The molecular formula is C23H13Cl4N3O3. The summed E-state index contributed by atoms with van der Waals surface area (Å²) in [5.74, 6) is -1.73. The van der Waals surface area contributed by atoms with Crippen LogP contribution in [0.15, 0.2) is 77.5 Å². The Morgan fingerprint density at radius 3 is 2.18 bits per heavy atom. The first-order valence-corrected chi connectivity index (χ1v) is 10.9. The fourth-order valence-electron chi connectivity index (χ4n) is 3.10. The molecular weight excluding hydrogens is 508 g/mol. The SMILES string of the molecule is O=C(Nc1ccc(Cl)cc1Cl)c1cccc(NC2=C(Cl)C(=O)N(c3ccc(Cl)cc3)C2=O)c1. The molecule has 0 fully saturated rings. The van der Waals surface area contributed by atoms with Crippen LogP contribution in [-0.4, -0.2) is 17.7 Å². The van der Waals surface area contributed by atoms with Gasteiger partial charge in [-0.3, -0.25) is 14.4 Å². The van der Waals surface area contributed by atoms with Crippen molar-refractivity contribution in [1.29, 1.82) is 0 Å². The molecule has 1 aliphatic rings. The minimum atomic E-state index is -0.669. The molecule has 0 aliphatic carbocycles. The lowest BCUT2D eigenvalue weighted by Crippen LogP contribution is -2.32. The summed E-state index contributed by atoms with van der Waals surface area (Å²) >= 11 is 24.0. The van der Waals surface area contributed by atoms with E-state index in [4.69, 9.17) is 46.4 Å².